The van der Waals surface area contributed by atoms with Crippen LogP contribution < -0.4 is 10.5 Å². The van der Waals surface area contributed by atoms with Gasteiger partial charge in [0.05, 0.1) is 6.10 Å². The Kier molecular flexibility index (Phi) is 3.27. The zero-order valence-corrected chi connectivity index (χ0v) is 11.0. The highest BCUT2D eigenvalue weighted by atomic mass is 16.5. The highest BCUT2D eigenvalue weighted by Gasteiger charge is 2.24. The minimum Gasteiger partial charge on any atom is -0.486 e. The van der Waals surface area contributed by atoms with Gasteiger partial charge in [0.1, 0.15) is 0 Å². The summed E-state index contributed by atoms with van der Waals surface area (Å²) in [4.78, 5) is 4.15. The van der Waals surface area contributed by atoms with Gasteiger partial charge in [-0.3, -0.25) is 0 Å². The fourth-order valence-corrected chi connectivity index (χ4v) is 2.35. The van der Waals surface area contributed by atoms with E-state index in [1.54, 1.807) is 6.20 Å². The third-order valence-electron chi connectivity index (χ3n) is 3.33. The van der Waals surface area contributed by atoms with Gasteiger partial charge in [0.2, 0.25) is 0 Å². The third kappa shape index (κ3) is 2.71. The molecular formula is C14H22N2O. The highest BCUT2D eigenvalue weighted by Crippen LogP contribution is 2.36. The van der Waals surface area contributed by atoms with Gasteiger partial charge in [-0.15, -0.1) is 0 Å². The number of pyridine rings is 1. The Balaban J connectivity index is 2.30. The summed E-state index contributed by atoms with van der Waals surface area (Å²) in [7, 11) is 0. The van der Waals surface area contributed by atoms with Crippen LogP contribution in [0.1, 0.15) is 52.0 Å². The molecule has 0 atom stereocenters. The standard InChI is InChI=1S/C14H22N2O/c1-14(2,3)11-8-9-16-13(15)12(11)17-10-6-4-5-7-10/h8-10H,4-7H2,1-3H3,(H2,15,16). The smallest absolute Gasteiger partial charge is 0.166 e. The number of nitrogens with zero attached hydrogens (tertiary/aromatic N) is 1. The number of hydrogen-bond donors (Lipinski definition) is 1. The van der Waals surface area contributed by atoms with E-state index in [-0.39, 0.29) is 5.41 Å². The van der Waals surface area contributed by atoms with E-state index in [2.05, 4.69) is 25.8 Å². The normalized spacial score (nSPS) is 17.4. The van der Waals surface area contributed by atoms with Gasteiger partial charge in [0, 0.05) is 11.8 Å². The average molecular weight is 234 g/mol. The first-order chi connectivity index (χ1) is 7.98. The van der Waals surface area contributed by atoms with Crippen LogP contribution in [0.5, 0.6) is 5.75 Å². The maximum absolute atomic E-state index is 6.08. The Bertz CT molecular complexity index is 390. The molecular weight excluding hydrogens is 212 g/mol. The second-order valence-electron chi connectivity index (χ2n) is 5.85. The Morgan fingerprint density at radius 1 is 1.29 bits per heavy atom. The minimum absolute atomic E-state index is 0.0327. The van der Waals surface area contributed by atoms with Gasteiger partial charge >= 0.3 is 0 Å². The van der Waals surface area contributed by atoms with Crippen molar-refractivity contribution in [2.24, 2.45) is 0 Å². The molecule has 0 spiro atoms. The molecule has 0 unspecified atom stereocenters. The van der Waals surface area contributed by atoms with Gasteiger partial charge in [-0.25, -0.2) is 4.98 Å². The molecule has 2 rings (SSSR count). The van der Waals surface area contributed by atoms with Crippen LogP contribution in [0, 0.1) is 0 Å². The van der Waals surface area contributed by atoms with E-state index in [0.717, 1.165) is 24.2 Å². The molecule has 94 valence electrons. The van der Waals surface area contributed by atoms with Gasteiger partial charge < -0.3 is 10.5 Å². The second kappa shape index (κ2) is 4.55. The summed E-state index contributed by atoms with van der Waals surface area (Å²) in [5.74, 6) is 1.32. The van der Waals surface area contributed by atoms with E-state index >= 15 is 0 Å². The molecule has 0 radical (unpaired) electrons. The van der Waals surface area contributed by atoms with Crippen molar-refractivity contribution in [3.63, 3.8) is 0 Å². The van der Waals surface area contributed by atoms with Crippen LogP contribution in [0.25, 0.3) is 0 Å². The van der Waals surface area contributed by atoms with E-state index in [1.165, 1.54) is 12.8 Å². The molecule has 17 heavy (non-hydrogen) atoms. The molecule has 0 aromatic carbocycles. The van der Waals surface area contributed by atoms with Gasteiger partial charge in [-0.1, -0.05) is 20.8 Å². The summed E-state index contributed by atoms with van der Waals surface area (Å²) in [6.45, 7) is 6.51. The third-order valence-corrected chi connectivity index (χ3v) is 3.33. The Morgan fingerprint density at radius 3 is 2.53 bits per heavy atom. The fraction of sp³-hybridized carbons (Fsp3) is 0.643. The average Bonchev–Trinajstić information content (AvgIpc) is 2.72. The maximum Gasteiger partial charge on any atom is 0.166 e. The lowest BCUT2D eigenvalue weighted by Gasteiger charge is -2.25. The van der Waals surface area contributed by atoms with Crippen molar-refractivity contribution < 1.29 is 4.74 Å². The Labute approximate surface area is 103 Å². The maximum atomic E-state index is 6.08. The summed E-state index contributed by atoms with van der Waals surface area (Å²) in [6.07, 6.45) is 6.88. The van der Waals surface area contributed by atoms with Crippen molar-refractivity contribution >= 4 is 5.82 Å². The van der Waals surface area contributed by atoms with Crippen LogP contribution in [0.15, 0.2) is 12.3 Å². The van der Waals surface area contributed by atoms with Crippen LogP contribution in [0.4, 0.5) is 5.82 Å². The molecule has 0 aliphatic heterocycles. The molecule has 1 aliphatic carbocycles. The monoisotopic (exact) mass is 234 g/mol. The predicted molar refractivity (Wildman–Crippen MR) is 70.2 cm³/mol. The van der Waals surface area contributed by atoms with Crippen molar-refractivity contribution in [3.05, 3.63) is 17.8 Å². The summed E-state index contributed by atoms with van der Waals surface area (Å²) in [5, 5.41) is 0. The van der Waals surface area contributed by atoms with E-state index in [9.17, 15) is 0 Å². The number of aromatic nitrogens is 1. The van der Waals surface area contributed by atoms with Crippen LogP contribution in [-0.4, -0.2) is 11.1 Å². The van der Waals surface area contributed by atoms with Crippen molar-refractivity contribution in [2.45, 2.75) is 58.0 Å². The lowest BCUT2D eigenvalue weighted by molar-refractivity contribution is 0.206. The molecule has 1 aliphatic rings. The highest BCUT2D eigenvalue weighted by molar-refractivity contribution is 5.53. The number of nitrogen functional groups attached to an aromatic ring is 1. The Hall–Kier alpha value is -1.25. The summed E-state index contributed by atoms with van der Waals surface area (Å²) in [6, 6.07) is 2.01. The zero-order valence-electron chi connectivity index (χ0n) is 11.0. The first-order valence-corrected chi connectivity index (χ1v) is 6.40. The molecule has 1 heterocycles. The predicted octanol–water partition coefficient (Wildman–Crippen LogP) is 3.28. The number of ether oxygens (including phenoxy) is 1. The van der Waals surface area contributed by atoms with Crippen molar-refractivity contribution in [1.29, 1.82) is 0 Å². The summed E-state index contributed by atoms with van der Waals surface area (Å²) >= 11 is 0. The first kappa shape index (κ1) is 12.2. The number of nitrogens with two attached hydrogens (primary N) is 1. The lowest BCUT2D eigenvalue weighted by Crippen LogP contribution is -2.19. The second-order valence-corrected chi connectivity index (χ2v) is 5.85. The molecule has 0 saturated heterocycles. The van der Waals surface area contributed by atoms with Gasteiger partial charge in [-0.2, -0.15) is 0 Å². The van der Waals surface area contributed by atoms with E-state index < -0.39 is 0 Å². The van der Waals surface area contributed by atoms with Gasteiger partial charge in [-0.05, 0) is 37.2 Å². The van der Waals surface area contributed by atoms with Crippen LogP contribution in [0.3, 0.4) is 0 Å². The molecule has 0 amide bonds. The summed E-state index contributed by atoms with van der Waals surface area (Å²) < 4.78 is 6.08. The van der Waals surface area contributed by atoms with Crippen molar-refractivity contribution in [1.82, 2.24) is 4.98 Å². The number of rotatable bonds is 2. The summed E-state index contributed by atoms with van der Waals surface area (Å²) in [5.41, 5.74) is 7.14. The van der Waals surface area contributed by atoms with Crippen molar-refractivity contribution in [2.75, 3.05) is 5.73 Å². The minimum atomic E-state index is 0.0327. The van der Waals surface area contributed by atoms with E-state index in [0.29, 0.717) is 11.9 Å². The van der Waals surface area contributed by atoms with E-state index in [4.69, 9.17) is 10.5 Å². The van der Waals surface area contributed by atoms with Gasteiger partial charge in [0.15, 0.2) is 11.6 Å². The first-order valence-electron chi connectivity index (χ1n) is 6.40. The van der Waals surface area contributed by atoms with Gasteiger partial charge in [0.25, 0.3) is 0 Å². The molecule has 0 bridgehead atoms. The zero-order chi connectivity index (χ0) is 12.5. The largest absolute Gasteiger partial charge is 0.486 e. The molecule has 1 saturated carbocycles. The molecule has 1 fully saturated rings. The van der Waals surface area contributed by atoms with Crippen LogP contribution in [-0.2, 0) is 5.41 Å². The molecule has 3 nitrogen and oxygen atoms in total. The Morgan fingerprint density at radius 2 is 1.94 bits per heavy atom. The molecule has 3 heteroatoms. The van der Waals surface area contributed by atoms with Crippen LogP contribution >= 0.6 is 0 Å². The quantitative estimate of drug-likeness (QED) is 0.854. The van der Waals surface area contributed by atoms with Crippen molar-refractivity contribution in [3.8, 4) is 5.75 Å². The number of hydrogen-bond acceptors (Lipinski definition) is 3. The molecule has 1 aromatic heterocycles. The number of anilines is 1. The fourth-order valence-electron chi connectivity index (χ4n) is 2.35. The SMILES string of the molecule is CC(C)(C)c1ccnc(N)c1OC1CCCC1. The molecule has 1 aromatic rings. The lowest BCUT2D eigenvalue weighted by atomic mass is 9.87. The van der Waals surface area contributed by atoms with E-state index in [1.807, 2.05) is 6.07 Å². The topological polar surface area (TPSA) is 48.1 Å². The van der Waals surface area contributed by atoms with Crippen LogP contribution in [0.2, 0.25) is 0 Å². The molecule has 2 N–H and O–H groups in total.